The van der Waals surface area contributed by atoms with Gasteiger partial charge in [-0.15, -0.1) is 0 Å². The molecular weight excluding hydrogens is 426 g/mol. The van der Waals surface area contributed by atoms with E-state index in [9.17, 15) is 16.8 Å². The summed E-state index contributed by atoms with van der Waals surface area (Å²) in [5.74, 6) is 1.65. The van der Waals surface area contributed by atoms with Crippen molar-refractivity contribution in [1.29, 1.82) is 0 Å². The Morgan fingerprint density at radius 3 is 2.50 bits per heavy atom. The van der Waals surface area contributed by atoms with Crippen molar-refractivity contribution in [2.24, 2.45) is 22.4 Å². The largest absolute Gasteiger partial charge is 0.380 e. The van der Waals surface area contributed by atoms with E-state index < -0.39 is 20.4 Å². The van der Waals surface area contributed by atoms with Gasteiger partial charge in [-0.3, -0.25) is 4.18 Å². The van der Waals surface area contributed by atoms with Crippen molar-refractivity contribution in [3.8, 4) is 5.75 Å². The number of benzene rings is 1. The van der Waals surface area contributed by atoms with E-state index in [0.717, 1.165) is 55.9 Å². The fraction of sp³-hybridized carbons (Fsp3) is 0.714. The Balaban J connectivity index is 1.65. The molecule has 30 heavy (non-hydrogen) atoms. The molecule has 0 spiro atoms. The van der Waals surface area contributed by atoms with Crippen LogP contribution in [0.25, 0.3) is 0 Å². The van der Waals surface area contributed by atoms with Gasteiger partial charge in [-0.05, 0) is 90.9 Å². The minimum absolute atomic E-state index is 0.119. The highest BCUT2D eigenvalue weighted by Gasteiger charge is 2.56. The van der Waals surface area contributed by atoms with Crippen molar-refractivity contribution in [2.75, 3.05) is 6.26 Å². The molecule has 2 saturated carbocycles. The molecule has 5 atom stereocenters. The predicted octanol–water partition coefficient (Wildman–Crippen LogP) is 3.03. The van der Waals surface area contributed by atoms with E-state index in [1.807, 2.05) is 13.0 Å². The van der Waals surface area contributed by atoms with Crippen molar-refractivity contribution >= 4 is 20.4 Å². The van der Waals surface area contributed by atoms with Gasteiger partial charge in [0.05, 0.1) is 12.4 Å². The Labute approximate surface area is 179 Å². The molecule has 9 heteroatoms. The second-order valence-electron chi connectivity index (χ2n) is 9.41. The summed E-state index contributed by atoms with van der Waals surface area (Å²) in [6, 6.07) is 3.96. The maximum absolute atomic E-state index is 11.8. The van der Waals surface area contributed by atoms with Gasteiger partial charge in [0.15, 0.2) is 0 Å². The first-order valence-electron chi connectivity index (χ1n) is 10.7. The van der Waals surface area contributed by atoms with E-state index in [-0.39, 0.29) is 11.5 Å². The highest BCUT2D eigenvalue weighted by atomic mass is 32.2. The molecule has 0 radical (unpaired) electrons. The van der Waals surface area contributed by atoms with Gasteiger partial charge >= 0.3 is 10.3 Å². The van der Waals surface area contributed by atoms with Crippen LogP contribution in [0.5, 0.6) is 5.75 Å². The molecule has 0 amide bonds. The molecule has 168 valence electrons. The van der Waals surface area contributed by atoms with Crippen molar-refractivity contribution in [2.45, 2.75) is 70.8 Å². The van der Waals surface area contributed by atoms with E-state index in [0.29, 0.717) is 29.9 Å². The first-order chi connectivity index (χ1) is 13.9. The summed E-state index contributed by atoms with van der Waals surface area (Å²) in [5.41, 5.74) is 3.16. The molecule has 3 aliphatic carbocycles. The van der Waals surface area contributed by atoms with E-state index in [1.165, 1.54) is 5.56 Å². The normalized spacial score (nSPS) is 33.5. The maximum Gasteiger partial charge on any atom is 0.380 e. The SMILES string of the molecule is CCc1cc2c(cc1OS(N)(=O)=O)CCC1C2CC[C@@]2(C)C1CC[C@@H]2OS(C)(=O)=O. The molecule has 3 aliphatic rings. The second-order valence-corrected chi connectivity index (χ2v) is 12.2. The Morgan fingerprint density at radius 1 is 1.13 bits per heavy atom. The van der Waals surface area contributed by atoms with E-state index in [4.69, 9.17) is 13.5 Å². The average Bonchev–Trinajstić information content (AvgIpc) is 2.94. The van der Waals surface area contributed by atoms with Crippen LogP contribution < -0.4 is 9.32 Å². The fourth-order valence-electron chi connectivity index (χ4n) is 6.45. The lowest BCUT2D eigenvalue weighted by molar-refractivity contribution is -0.00768. The minimum Gasteiger partial charge on any atom is -0.371 e. The van der Waals surface area contributed by atoms with Crippen molar-refractivity contribution in [1.82, 2.24) is 0 Å². The third-order valence-electron chi connectivity index (χ3n) is 7.70. The fourth-order valence-corrected chi connectivity index (χ4v) is 7.59. The number of hydrogen-bond acceptors (Lipinski definition) is 6. The Hall–Kier alpha value is -1.16. The first kappa shape index (κ1) is 22.0. The molecule has 0 heterocycles. The molecule has 4 rings (SSSR count). The predicted molar refractivity (Wildman–Crippen MR) is 114 cm³/mol. The molecule has 0 saturated heterocycles. The molecular formula is C21H31NO6S2. The van der Waals surface area contributed by atoms with Crippen LogP contribution in [-0.2, 0) is 37.4 Å². The zero-order chi connectivity index (χ0) is 21.9. The standard InChI is InChI=1S/C21H31NO6S2/c1-4-13-11-17-14(12-19(13)27-30(22,25)26)5-6-16-15(17)9-10-21(2)18(16)7-8-20(21)28-29(3,23)24/h11-12,15-16,18,20H,4-10H2,1-3H3,(H2,22,25,26)/t15?,16?,18?,20-,21-/m0/s1. The molecule has 2 fully saturated rings. The molecule has 0 aromatic heterocycles. The van der Waals surface area contributed by atoms with Crippen LogP contribution in [0.3, 0.4) is 0 Å². The highest BCUT2D eigenvalue weighted by molar-refractivity contribution is 7.86. The Kier molecular flexibility index (Phi) is 5.48. The zero-order valence-electron chi connectivity index (χ0n) is 17.8. The lowest BCUT2D eigenvalue weighted by Crippen LogP contribution is -2.45. The van der Waals surface area contributed by atoms with Crippen LogP contribution >= 0.6 is 0 Å². The Bertz CT molecular complexity index is 1050. The molecule has 2 N–H and O–H groups in total. The van der Waals surface area contributed by atoms with Gasteiger partial charge in [-0.1, -0.05) is 19.9 Å². The van der Waals surface area contributed by atoms with Crippen LogP contribution in [0.15, 0.2) is 12.1 Å². The average molecular weight is 458 g/mol. The van der Waals surface area contributed by atoms with Crippen molar-refractivity contribution in [3.63, 3.8) is 0 Å². The lowest BCUT2D eigenvalue weighted by atomic mass is 9.55. The third-order valence-corrected chi connectivity index (χ3v) is 8.69. The van der Waals surface area contributed by atoms with Crippen molar-refractivity contribution in [3.05, 3.63) is 28.8 Å². The minimum atomic E-state index is -4.06. The van der Waals surface area contributed by atoms with Crippen LogP contribution in [0.1, 0.15) is 68.6 Å². The maximum atomic E-state index is 11.8. The summed E-state index contributed by atoms with van der Waals surface area (Å²) >= 11 is 0. The summed E-state index contributed by atoms with van der Waals surface area (Å²) in [7, 11) is -7.54. The van der Waals surface area contributed by atoms with E-state index in [1.54, 1.807) is 0 Å². The van der Waals surface area contributed by atoms with Gasteiger partial charge in [0.1, 0.15) is 5.75 Å². The van der Waals surface area contributed by atoms with Gasteiger partial charge in [0.25, 0.3) is 10.1 Å². The zero-order valence-corrected chi connectivity index (χ0v) is 19.4. The summed E-state index contributed by atoms with van der Waals surface area (Å²) < 4.78 is 57.0. The highest BCUT2D eigenvalue weighted by Crippen LogP contribution is 2.62. The third kappa shape index (κ3) is 4.01. The Morgan fingerprint density at radius 2 is 1.87 bits per heavy atom. The van der Waals surface area contributed by atoms with Gasteiger partial charge in [-0.2, -0.15) is 22.0 Å². The summed E-state index contributed by atoms with van der Waals surface area (Å²) in [4.78, 5) is 0. The van der Waals surface area contributed by atoms with Crippen molar-refractivity contribution < 1.29 is 25.2 Å². The second kappa shape index (κ2) is 7.46. The number of nitrogens with two attached hydrogens (primary N) is 1. The molecule has 0 bridgehead atoms. The summed E-state index contributed by atoms with van der Waals surface area (Å²) in [6.07, 6.45) is 7.08. The van der Waals surface area contributed by atoms with Gasteiger partial charge in [0.2, 0.25) is 0 Å². The number of rotatable bonds is 5. The molecule has 1 aromatic carbocycles. The van der Waals surface area contributed by atoms with E-state index in [2.05, 4.69) is 13.0 Å². The molecule has 1 aromatic rings. The van der Waals surface area contributed by atoms with Crippen LogP contribution in [0, 0.1) is 17.3 Å². The van der Waals surface area contributed by atoms with E-state index >= 15 is 0 Å². The number of aryl methyl sites for hydroxylation is 2. The smallest absolute Gasteiger partial charge is 0.371 e. The van der Waals surface area contributed by atoms with Gasteiger partial charge in [-0.25, -0.2) is 0 Å². The summed E-state index contributed by atoms with van der Waals surface area (Å²) in [5, 5.41) is 5.10. The lowest BCUT2D eigenvalue weighted by Gasteiger charge is -2.50. The van der Waals surface area contributed by atoms with Crippen LogP contribution in [0.4, 0.5) is 0 Å². The number of hydrogen-bond donors (Lipinski definition) is 1. The molecule has 0 aliphatic heterocycles. The number of fused-ring (bicyclic) bond motifs is 5. The van der Waals surface area contributed by atoms with Gasteiger partial charge < -0.3 is 4.18 Å². The van der Waals surface area contributed by atoms with Crippen LogP contribution in [0.2, 0.25) is 0 Å². The first-order valence-corrected chi connectivity index (χ1v) is 14.0. The molecule has 7 nitrogen and oxygen atoms in total. The topological polar surface area (TPSA) is 113 Å². The monoisotopic (exact) mass is 457 g/mol. The summed E-state index contributed by atoms with van der Waals surface area (Å²) in [6.45, 7) is 4.17. The van der Waals surface area contributed by atoms with Gasteiger partial charge in [0, 0.05) is 0 Å². The van der Waals surface area contributed by atoms with Crippen LogP contribution in [-0.4, -0.2) is 29.2 Å². The quantitative estimate of drug-likeness (QED) is 0.680. The molecule has 3 unspecified atom stereocenters.